The van der Waals surface area contributed by atoms with Crippen LogP contribution in [0.2, 0.25) is 0 Å². The Hall–Kier alpha value is -1.82. The summed E-state index contributed by atoms with van der Waals surface area (Å²) in [5.74, 6) is 0.539. The molecule has 3 rings (SSSR count). The molecule has 0 unspecified atom stereocenters. The first-order chi connectivity index (χ1) is 9.58. The molecular weight excluding hydrogens is 240 g/mol. The highest BCUT2D eigenvalue weighted by Crippen LogP contribution is 2.39. The van der Waals surface area contributed by atoms with Crippen LogP contribution in [0, 0.1) is 13.3 Å². The number of hydrogen-bond acceptors (Lipinski definition) is 0. The highest BCUT2D eigenvalue weighted by atomic mass is 14.2. The van der Waals surface area contributed by atoms with Gasteiger partial charge >= 0.3 is 0 Å². The molecule has 0 heteroatoms. The van der Waals surface area contributed by atoms with Crippen molar-refractivity contribution in [2.75, 3.05) is 0 Å². The van der Waals surface area contributed by atoms with Gasteiger partial charge in [-0.3, -0.25) is 0 Å². The van der Waals surface area contributed by atoms with Gasteiger partial charge in [0.25, 0.3) is 0 Å². The van der Waals surface area contributed by atoms with Crippen LogP contribution in [-0.2, 0) is 0 Å². The van der Waals surface area contributed by atoms with E-state index in [0.717, 1.165) is 0 Å². The molecule has 0 N–H and O–H groups in total. The Balaban J connectivity index is 2.29. The van der Waals surface area contributed by atoms with E-state index in [1.54, 1.807) is 0 Å². The molecule has 0 saturated carbocycles. The van der Waals surface area contributed by atoms with Crippen LogP contribution >= 0.6 is 0 Å². The minimum absolute atomic E-state index is 0.539. The first-order valence-electron chi connectivity index (χ1n) is 7.34. The first kappa shape index (κ1) is 13.2. The number of benzene rings is 2. The SMILES string of the molecule is CC1=Cc2c(ccc(C)c2-c2ccccc2C(C)C)[CH]1. The van der Waals surface area contributed by atoms with Gasteiger partial charge in [-0.15, -0.1) is 0 Å². The van der Waals surface area contributed by atoms with Gasteiger partial charge in [0.2, 0.25) is 0 Å². The predicted octanol–water partition coefficient (Wildman–Crippen LogP) is 5.75. The van der Waals surface area contributed by atoms with Crippen LogP contribution < -0.4 is 0 Å². The Morgan fingerprint density at radius 1 is 0.900 bits per heavy atom. The topological polar surface area (TPSA) is 0 Å². The van der Waals surface area contributed by atoms with E-state index in [9.17, 15) is 0 Å². The van der Waals surface area contributed by atoms with E-state index in [4.69, 9.17) is 0 Å². The Bertz CT molecular complexity index is 687. The first-order valence-corrected chi connectivity index (χ1v) is 7.34. The second-order valence-corrected chi connectivity index (χ2v) is 6.04. The van der Waals surface area contributed by atoms with E-state index < -0.39 is 0 Å². The summed E-state index contributed by atoms with van der Waals surface area (Å²) in [5, 5.41) is 0. The maximum absolute atomic E-state index is 2.31. The lowest BCUT2D eigenvalue weighted by molar-refractivity contribution is 0.869. The van der Waals surface area contributed by atoms with Crippen LogP contribution in [-0.4, -0.2) is 0 Å². The number of hydrogen-bond donors (Lipinski definition) is 0. The lowest BCUT2D eigenvalue weighted by Crippen LogP contribution is -1.96. The van der Waals surface area contributed by atoms with Crippen LogP contribution in [0.1, 0.15) is 48.9 Å². The molecule has 1 radical (unpaired) electrons. The van der Waals surface area contributed by atoms with Crippen molar-refractivity contribution in [3.63, 3.8) is 0 Å². The fraction of sp³-hybridized carbons (Fsp3) is 0.250. The zero-order valence-electron chi connectivity index (χ0n) is 12.7. The molecule has 0 saturated heterocycles. The van der Waals surface area contributed by atoms with Gasteiger partial charge in [-0.05, 0) is 53.1 Å². The molecule has 0 aliphatic heterocycles. The Kier molecular flexibility index (Phi) is 3.25. The summed E-state index contributed by atoms with van der Waals surface area (Å²) in [6, 6.07) is 13.3. The Morgan fingerprint density at radius 2 is 1.65 bits per heavy atom. The zero-order valence-corrected chi connectivity index (χ0v) is 12.7. The second kappa shape index (κ2) is 4.94. The molecule has 2 aromatic rings. The second-order valence-electron chi connectivity index (χ2n) is 6.04. The molecule has 0 atom stereocenters. The molecule has 0 fully saturated rings. The standard InChI is InChI=1S/C20H21/c1-13(2)17-7-5-6-8-18(17)20-15(4)9-10-16-11-14(3)12-19(16)20/h5-13H,1-4H3. The van der Waals surface area contributed by atoms with Crippen molar-refractivity contribution in [2.24, 2.45) is 0 Å². The molecule has 0 spiro atoms. The highest BCUT2D eigenvalue weighted by molar-refractivity contribution is 5.86. The fourth-order valence-corrected chi connectivity index (χ4v) is 3.13. The van der Waals surface area contributed by atoms with Gasteiger partial charge in [0, 0.05) is 6.42 Å². The third-order valence-electron chi connectivity index (χ3n) is 4.09. The van der Waals surface area contributed by atoms with Crippen molar-refractivity contribution in [1.29, 1.82) is 0 Å². The van der Waals surface area contributed by atoms with Gasteiger partial charge in [0.15, 0.2) is 0 Å². The summed E-state index contributed by atoms with van der Waals surface area (Å²) in [5.41, 5.74) is 9.65. The molecule has 20 heavy (non-hydrogen) atoms. The van der Waals surface area contributed by atoms with E-state index in [2.05, 4.69) is 76.6 Å². The summed E-state index contributed by atoms with van der Waals surface area (Å²) >= 11 is 0. The quantitative estimate of drug-likeness (QED) is 0.645. The van der Waals surface area contributed by atoms with Crippen molar-refractivity contribution in [1.82, 2.24) is 0 Å². The summed E-state index contributed by atoms with van der Waals surface area (Å²) in [6.45, 7) is 8.93. The van der Waals surface area contributed by atoms with Crippen LogP contribution in [0.3, 0.4) is 0 Å². The van der Waals surface area contributed by atoms with E-state index >= 15 is 0 Å². The Morgan fingerprint density at radius 3 is 2.40 bits per heavy atom. The molecule has 0 nitrogen and oxygen atoms in total. The zero-order chi connectivity index (χ0) is 14.3. The summed E-state index contributed by atoms with van der Waals surface area (Å²) in [4.78, 5) is 0. The van der Waals surface area contributed by atoms with Crippen molar-refractivity contribution >= 4 is 6.08 Å². The van der Waals surface area contributed by atoms with Crippen molar-refractivity contribution in [3.8, 4) is 11.1 Å². The highest BCUT2D eigenvalue weighted by Gasteiger charge is 2.19. The van der Waals surface area contributed by atoms with Crippen molar-refractivity contribution < 1.29 is 0 Å². The van der Waals surface area contributed by atoms with Crippen molar-refractivity contribution in [2.45, 2.75) is 33.6 Å². The molecule has 1 aliphatic rings. The monoisotopic (exact) mass is 261 g/mol. The van der Waals surface area contributed by atoms with Crippen molar-refractivity contribution in [3.05, 3.63) is 70.6 Å². The third kappa shape index (κ3) is 2.10. The van der Waals surface area contributed by atoms with Crippen LogP contribution in [0.25, 0.3) is 17.2 Å². The van der Waals surface area contributed by atoms with Crippen LogP contribution in [0.5, 0.6) is 0 Å². The average molecular weight is 261 g/mol. The third-order valence-corrected chi connectivity index (χ3v) is 4.09. The normalized spacial score (nSPS) is 13.6. The maximum atomic E-state index is 2.31. The molecule has 101 valence electrons. The smallest absolute Gasteiger partial charge is 0.0161 e. The minimum atomic E-state index is 0.539. The molecule has 0 aromatic heterocycles. The molecule has 1 aliphatic carbocycles. The summed E-state index contributed by atoms with van der Waals surface area (Å²) < 4.78 is 0. The average Bonchev–Trinajstić information content (AvgIpc) is 2.79. The number of allylic oxidation sites excluding steroid dienone is 1. The minimum Gasteiger partial charge on any atom is -0.0642 e. The molecular formula is C20H21. The van der Waals surface area contributed by atoms with E-state index in [0.29, 0.717) is 5.92 Å². The molecule has 0 bridgehead atoms. The lowest BCUT2D eigenvalue weighted by atomic mass is 9.87. The Labute approximate surface area is 122 Å². The summed E-state index contributed by atoms with van der Waals surface area (Å²) in [6.07, 6.45) is 4.59. The van der Waals surface area contributed by atoms with Gasteiger partial charge in [-0.25, -0.2) is 0 Å². The number of rotatable bonds is 2. The van der Waals surface area contributed by atoms with E-state index in [1.165, 1.54) is 39.0 Å². The lowest BCUT2D eigenvalue weighted by Gasteiger charge is -2.17. The summed E-state index contributed by atoms with van der Waals surface area (Å²) in [7, 11) is 0. The van der Waals surface area contributed by atoms with E-state index in [-0.39, 0.29) is 0 Å². The fourth-order valence-electron chi connectivity index (χ4n) is 3.13. The van der Waals surface area contributed by atoms with Gasteiger partial charge in [-0.1, -0.05) is 61.9 Å². The van der Waals surface area contributed by atoms with Gasteiger partial charge < -0.3 is 0 Å². The number of fused-ring (bicyclic) bond motifs is 1. The molecule has 0 heterocycles. The molecule has 2 aromatic carbocycles. The van der Waals surface area contributed by atoms with Gasteiger partial charge in [0.1, 0.15) is 0 Å². The number of aryl methyl sites for hydroxylation is 1. The van der Waals surface area contributed by atoms with Crippen LogP contribution in [0.15, 0.2) is 42.0 Å². The molecule has 0 amide bonds. The maximum Gasteiger partial charge on any atom is 0.0161 e. The largest absolute Gasteiger partial charge is 0.0642 e. The van der Waals surface area contributed by atoms with Gasteiger partial charge in [-0.2, -0.15) is 0 Å². The van der Waals surface area contributed by atoms with Gasteiger partial charge in [0.05, 0.1) is 0 Å². The van der Waals surface area contributed by atoms with Crippen LogP contribution in [0.4, 0.5) is 0 Å². The van der Waals surface area contributed by atoms with E-state index in [1.807, 2.05) is 0 Å². The predicted molar refractivity (Wildman–Crippen MR) is 87.8 cm³/mol.